The van der Waals surface area contributed by atoms with Crippen molar-refractivity contribution in [3.8, 4) is 0 Å². The number of carbonyl (C=O) groups is 1. The van der Waals surface area contributed by atoms with E-state index in [-0.39, 0.29) is 10.6 Å². The van der Waals surface area contributed by atoms with Crippen molar-refractivity contribution >= 4 is 23.6 Å². The molecule has 1 rings (SSSR count). The minimum Gasteiger partial charge on any atom is -0.545 e. The Kier molecular flexibility index (Phi) is 3.03. The molecule has 13 heavy (non-hydrogen) atoms. The zero-order valence-corrected chi connectivity index (χ0v) is 7.22. The van der Waals surface area contributed by atoms with Crippen LogP contribution in [0.25, 0.3) is 6.08 Å². The summed E-state index contributed by atoms with van der Waals surface area (Å²) in [5.41, 5.74) is 0.122. The molecule has 0 radical (unpaired) electrons. The van der Waals surface area contributed by atoms with Gasteiger partial charge in [-0.2, -0.15) is 0 Å². The highest BCUT2D eigenvalue weighted by Crippen LogP contribution is 2.18. The molecule has 1 aromatic rings. The van der Waals surface area contributed by atoms with Crippen LogP contribution in [-0.4, -0.2) is 5.97 Å². The molecule has 0 aliphatic heterocycles. The molecule has 0 heterocycles. The van der Waals surface area contributed by atoms with E-state index in [9.17, 15) is 14.3 Å². The highest BCUT2D eigenvalue weighted by molar-refractivity contribution is 6.30. The topological polar surface area (TPSA) is 40.1 Å². The third kappa shape index (κ3) is 2.56. The van der Waals surface area contributed by atoms with Gasteiger partial charge in [0.25, 0.3) is 0 Å². The van der Waals surface area contributed by atoms with Crippen LogP contribution in [0.5, 0.6) is 0 Å². The quantitative estimate of drug-likeness (QED) is 0.673. The number of carboxylic acid groups (broad SMARTS) is 1. The second kappa shape index (κ2) is 4.05. The van der Waals surface area contributed by atoms with Crippen molar-refractivity contribution in [1.29, 1.82) is 0 Å². The van der Waals surface area contributed by atoms with Crippen molar-refractivity contribution in [2.24, 2.45) is 0 Å². The van der Waals surface area contributed by atoms with Gasteiger partial charge in [-0.05, 0) is 12.1 Å². The van der Waals surface area contributed by atoms with Gasteiger partial charge in [0.05, 0.1) is 11.0 Å². The first-order valence-electron chi connectivity index (χ1n) is 3.44. The van der Waals surface area contributed by atoms with Crippen molar-refractivity contribution < 1.29 is 14.3 Å². The average Bonchev–Trinajstić information content (AvgIpc) is 2.07. The van der Waals surface area contributed by atoms with Gasteiger partial charge in [0, 0.05) is 5.56 Å². The SMILES string of the molecule is O=C([O-])/C=C/c1cccc(Cl)c1F. The van der Waals surface area contributed by atoms with E-state index in [1.807, 2.05) is 0 Å². The lowest BCUT2D eigenvalue weighted by Crippen LogP contribution is -2.18. The minimum atomic E-state index is -1.38. The monoisotopic (exact) mass is 199 g/mol. The predicted molar refractivity (Wildman–Crippen MR) is 45.5 cm³/mol. The fraction of sp³-hybridized carbons (Fsp3) is 0. The fourth-order valence-electron chi connectivity index (χ4n) is 0.807. The molecule has 1 aromatic carbocycles. The molecule has 0 saturated heterocycles. The van der Waals surface area contributed by atoms with E-state index in [0.717, 1.165) is 12.2 Å². The Hall–Kier alpha value is -1.35. The molecule has 68 valence electrons. The number of hydrogen-bond donors (Lipinski definition) is 0. The molecule has 0 saturated carbocycles. The molecule has 0 amide bonds. The molecule has 0 unspecified atom stereocenters. The lowest BCUT2D eigenvalue weighted by molar-refractivity contribution is -0.297. The smallest absolute Gasteiger partial charge is 0.148 e. The third-order valence-corrected chi connectivity index (χ3v) is 1.67. The Morgan fingerprint density at radius 2 is 2.23 bits per heavy atom. The fourth-order valence-corrected chi connectivity index (χ4v) is 0.989. The lowest BCUT2D eigenvalue weighted by atomic mass is 10.2. The van der Waals surface area contributed by atoms with E-state index in [2.05, 4.69) is 0 Å². The number of hydrogen-bond acceptors (Lipinski definition) is 2. The molecule has 0 spiro atoms. The van der Waals surface area contributed by atoms with Gasteiger partial charge in [-0.3, -0.25) is 0 Å². The maximum atomic E-state index is 13.1. The molecule has 4 heteroatoms. The van der Waals surface area contributed by atoms with Crippen LogP contribution >= 0.6 is 11.6 Å². The van der Waals surface area contributed by atoms with Crippen molar-refractivity contribution in [3.63, 3.8) is 0 Å². The molecule has 0 aromatic heterocycles. The van der Waals surface area contributed by atoms with Gasteiger partial charge in [-0.15, -0.1) is 0 Å². The number of aliphatic carboxylic acids is 1. The Balaban J connectivity index is 3.02. The molecule has 0 atom stereocenters. The molecule has 0 fully saturated rings. The van der Waals surface area contributed by atoms with Gasteiger partial charge in [0.1, 0.15) is 5.82 Å². The van der Waals surface area contributed by atoms with Gasteiger partial charge in [0.2, 0.25) is 0 Å². The summed E-state index contributed by atoms with van der Waals surface area (Å²) in [6.45, 7) is 0. The summed E-state index contributed by atoms with van der Waals surface area (Å²) in [7, 11) is 0. The summed E-state index contributed by atoms with van der Waals surface area (Å²) in [6.07, 6.45) is 1.84. The van der Waals surface area contributed by atoms with Crippen molar-refractivity contribution in [3.05, 3.63) is 40.7 Å². The van der Waals surface area contributed by atoms with Crippen LogP contribution in [0, 0.1) is 5.82 Å². The van der Waals surface area contributed by atoms with Crippen LogP contribution in [0.3, 0.4) is 0 Å². The molecule has 2 nitrogen and oxygen atoms in total. The van der Waals surface area contributed by atoms with Gasteiger partial charge in [-0.1, -0.05) is 29.8 Å². The van der Waals surface area contributed by atoms with Gasteiger partial charge in [-0.25, -0.2) is 4.39 Å². The van der Waals surface area contributed by atoms with E-state index in [1.54, 1.807) is 0 Å². The Labute approximate surface area is 79.3 Å². The average molecular weight is 200 g/mol. The van der Waals surface area contributed by atoms with Crippen molar-refractivity contribution in [1.82, 2.24) is 0 Å². The zero-order valence-electron chi connectivity index (χ0n) is 6.46. The number of rotatable bonds is 2. The maximum absolute atomic E-state index is 13.1. The number of carbonyl (C=O) groups excluding carboxylic acids is 1. The summed E-state index contributed by atoms with van der Waals surface area (Å²) in [4.78, 5) is 10.0. The number of halogens is 2. The normalized spacial score (nSPS) is 10.6. The molecule has 0 aliphatic rings. The van der Waals surface area contributed by atoms with Gasteiger partial charge < -0.3 is 9.90 Å². The van der Waals surface area contributed by atoms with Crippen LogP contribution in [0.4, 0.5) is 4.39 Å². The van der Waals surface area contributed by atoms with Crippen molar-refractivity contribution in [2.75, 3.05) is 0 Å². The Morgan fingerprint density at radius 3 is 2.85 bits per heavy atom. The highest BCUT2D eigenvalue weighted by atomic mass is 35.5. The van der Waals surface area contributed by atoms with Gasteiger partial charge in [0.15, 0.2) is 0 Å². The summed E-state index contributed by atoms with van der Waals surface area (Å²) in [6, 6.07) is 4.33. The maximum Gasteiger partial charge on any atom is 0.148 e. The van der Waals surface area contributed by atoms with E-state index >= 15 is 0 Å². The predicted octanol–water partition coefficient (Wildman–Crippen LogP) is 1.24. The van der Waals surface area contributed by atoms with Crippen molar-refractivity contribution in [2.45, 2.75) is 0 Å². The summed E-state index contributed by atoms with van der Waals surface area (Å²) >= 11 is 5.46. The summed E-state index contributed by atoms with van der Waals surface area (Å²) in [5, 5.41) is 9.97. The molecular weight excluding hydrogens is 195 g/mol. The van der Waals surface area contributed by atoms with Crippen LogP contribution in [0.1, 0.15) is 5.56 Å². The molecule has 0 aliphatic carbocycles. The van der Waals surface area contributed by atoms with E-state index in [4.69, 9.17) is 11.6 Å². The minimum absolute atomic E-state index is 0.0412. The Morgan fingerprint density at radius 1 is 1.54 bits per heavy atom. The largest absolute Gasteiger partial charge is 0.545 e. The first kappa shape index (κ1) is 9.74. The molecule has 0 N–H and O–H groups in total. The standard InChI is InChI=1S/C9H6ClFO2/c10-7-3-1-2-6(9(7)11)4-5-8(12)13/h1-5H,(H,12,13)/p-1/b5-4+. The van der Waals surface area contributed by atoms with Crippen LogP contribution in [0.15, 0.2) is 24.3 Å². The van der Waals surface area contributed by atoms with Gasteiger partial charge >= 0.3 is 0 Å². The van der Waals surface area contributed by atoms with Crippen LogP contribution < -0.4 is 5.11 Å². The van der Waals surface area contributed by atoms with E-state index in [0.29, 0.717) is 0 Å². The lowest BCUT2D eigenvalue weighted by Gasteiger charge is -1.98. The first-order chi connectivity index (χ1) is 6.11. The zero-order chi connectivity index (χ0) is 9.84. The van der Waals surface area contributed by atoms with E-state index in [1.165, 1.54) is 18.2 Å². The first-order valence-corrected chi connectivity index (χ1v) is 3.82. The molecular formula is C9H5ClFO2-. The second-order valence-corrected chi connectivity index (χ2v) is 2.70. The summed E-state index contributed by atoms with van der Waals surface area (Å²) < 4.78 is 13.1. The van der Waals surface area contributed by atoms with Crippen LogP contribution in [0.2, 0.25) is 5.02 Å². The molecule has 0 bridgehead atoms. The number of carboxylic acids is 1. The highest BCUT2D eigenvalue weighted by Gasteiger charge is 2.01. The second-order valence-electron chi connectivity index (χ2n) is 2.30. The number of benzene rings is 1. The van der Waals surface area contributed by atoms with E-state index < -0.39 is 11.8 Å². The van der Waals surface area contributed by atoms with Crippen LogP contribution in [-0.2, 0) is 4.79 Å². The third-order valence-electron chi connectivity index (χ3n) is 1.38. The Bertz CT molecular complexity index is 361. The summed E-state index contributed by atoms with van der Waals surface area (Å²) in [5.74, 6) is -2.01.